The molecule has 1 aromatic carbocycles. The summed E-state index contributed by atoms with van der Waals surface area (Å²) in [7, 11) is 1.29. The predicted octanol–water partition coefficient (Wildman–Crippen LogP) is 1.49. The molecule has 0 saturated heterocycles. The lowest BCUT2D eigenvalue weighted by molar-refractivity contribution is -0.142. The van der Waals surface area contributed by atoms with E-state index in [0.29, 0.717) is 0 Å². The Labute approximate surface area is 111 Å². The number of hydrogen-bond acceptors (Lipinski definition) is 5. The minimum Gasteiger partial charge on any atom is -0.467 e. The monoisotopic (exact) mass is 260 g/mol. The summed E-state index contributed by atoms with van der Waals surface area (Å²) in [6.07, 6.45) is 0. The molecular weight excluding hydrogens is 244 g/mol. The van der Waals surface area contributed by atoms with Gasteiger partial charge in [-0.25, -0.2) is 4.79 Å². The highest BCUT2D eigenvalue weighted by Crippen LogP contribution is 2.23. The molecule has 0 amide bonds. The fourth-order valence-corrected chi connectivity index (χ4v) is 1.94. The second-order valence-corrected chi connectivity index (χ2v) is 4.23. The molecule has 0 radical (unpaired) electrons. The molecule has 2 aromatic rings. The Balaban J connectivity index is 2.41. The molecule has 2 rings (SSSR count). The van der Waals surface area contributed by atoms with Crippen LogP contribution in [0.5, 0.6) is 0 Å². The fourth-order valence-electron chi connectivity index (χ4n) is 1.94. The summed E-state index contributed by atoms with van der Waals surface area (Å²) in [6, 6.07) is 8.68. The number of methoxy groups -OCH3 is 1. The van der Waals surface area contributed by atoms with Crippen LogP contribution in [0.25, 0.3) is 10.9 Å². The van der Waals surface area contributed by atoms with Crippen LogP contribution >= 0.6 is 0 Å². The average molecular weight is 260 g/mol. The molecule has 0 spiro atoms. The van der Waals surface area contributed by atoms with E-state index in [9.17, 15) is 9.90 Å². The van der Waals surface area contributed by atoms with E-state index in [4.69, 9.17) is 0 Å². The number of hydrogen-bond donors (Lipinski definition) is 2. The van der Waals surface area contributed by atoms with E-state index in [1.54, 1.807) is 0 Å². The number of carbonyl (C=O) groups is 1. The molecule has 0 aliphatic carbocycles. The Morgan fingerprint density at radius 3 is 2.89 bits per heavy atom. The Kier molecular flexibility index (Phi) is 3.97. The second-order valence-electron chi connectivity index (χ2n) is 4.23. The van der Waals surface area contributed by atoms with Crippen molar-refractivity contribution in [3.63, 3.8) is 0 Å². The van der Waals surface area contributed by atoms with E-state index >= 15 is 0 Å². The number of pyridine rings is 1. The van der Waals surface area contributed by atoms with Crippen molar-refractivity contribution in [1.82, 2.24) is 4.98 Å². The number of aliphatic hydroxyl groups excluding tert-OH is 1. The van der Waals surface area contributed by atoms with Gasteiger partial charge in [0.15, 0.2) is 0 Å². The number of aryl methyl sites for hydroxylation is 1. The van der Waals surface area contributed by atoms with Gasteiger partial charge in [0.05, 0.1) is 19.2 Å². The lowest BCUT2D eigenvalue weighted by Gasteiger charge is -2.17. The molecule has 0 aliphatic heterocycles. The largest absolute Gasteiger partial charge is 0.467 e. The van der Waals surface area contributed by atoms with Crippen LogP contribution in [-0.2, 0) is 9.53 Å². The van der Waals surface area contributed by atoms with Crippen LogP contribution in [0.2, 0.25) is 0 Å². The first-order valence-electron chi connectivity index (χ1n) is 5.97. The van der Waals surface area contributed by atoms with Crippen LogP contribution in [0.3, 0.4) is 0 Å². The Morgan fingerprint density at radius 1 is 1.47 bits per heavy atom. The molecule has 0 aliphatic rings. The molecule has 2 N–H and O–H groups in total. The third-order valence-electron chi connectivity index (χ3n) is 2.84. The van der Waals surface area contributed by atoms with Gasteiger partial charge in [0.2, 0.25) is 0 Å². The van der Waals surface area contributed by atoms with Gasteiger partial charge in [0.1, 0.15) is 6.04 Å². The minimum atomic E-state index is -0.782. The van der Waals surface area contributed by atoms with Gasteiger partial charge in [-0.05, 0) is 19.1 Å². The summed E-state index contributed by atoms with van der Waals surface area (Å²) in [5.74, 6) is -0.499. The highest BCUT2D eigenvalue weighted by molar-refractivity contribution is 5.93. The number of aromatic nitrogens is 1. The number of para-hydroxylation sites is 1. The van der Waals surface area contributed by atoms with Gasteiger partial charge in [-0.2, -0.15) is 0 Å². The first-order valence-corrected chi connectivity index (χ1v) is 5.97. The summed E-state index contributed by atoms with van der Waals surface area (Å²) in [5, 5.41) is 13.1. The summed E-state index contributed by atoms with van der Waals surface area (Å²) < 4.78 is 4.64. The first kappa shape index (κ1) is 13.3. The molecule has 1 atom stereocenters. The first-order chi connectivity index (χ1) is 9.15. The molecule has 1 aromatic heterocycles. The maximum absolute atomic E-state index is 11.5. The molecule has 0 bridgehead atoms. The number of benzene rings is 1. The number of ether oxygens (including phenoxy) is 1. The van der Waals surface area contributed by atoms with E-state index in [0.717, 1.165) is 22.3 Å². The molecule has 1 unspecified atom stereocenters. The van der Waals surface area contributed by atoms with Gasteiger partial charge in [-0.3, -0.25) is 4.98 Å². The lowest BCUT2D eigenvalue weighted by atomic mass is 10.1. The smallest absolute Gasteiger partial charge is 0.330 e. The van der Waals surface area contributed by atoms with Crippen molar-refractivity contribution < 1.29 is 14.6 Å². The van der Waals surface area contributed by atoms with Crippen molar-refractivity contribution in [2.24, 2.45) is 0 Å². The molecule has 5 heteroatoms. The summed E-state index contributed by atoms with van der Waals surface area (Å²) in [5.41, 5.74) is 2.43. The Morgan fingerprint density at radius 2 is 2.21 bits per heavy atom. The maximum atomic E-state index is 11.5. The number of carbonyl (C=O) groups excluding carboxylic acids is 1. The van der Waals surface area contributed by atoms with Crippen LogP contribution in [0.15, 0.2) is 30.3 Å². The maximum Gasteiger partial charge on any atom is 0.330 e. The van der Waals surface area contributed by atoms with Gasteiger partial charge in [0, 0.05) is 16.8 Å². The number of fused-ring (bicyclic) bond motifs is 1. The number of anilines is 1. The molecule has 100 valence electrons. The predicted molar refractivity (Wildman–Crippen MR) is 73.0 cm³/mol. The zero-order chi connectivity index (χ0) is 13.8. The van der Waals surface area contributed by atoms with Crippen molar-refractivity contribution in [3.05, 3.63) is 36.0 Å². The second kappa shape index (κ2) is 5.67. The van der Waals surface area contributed by atoms with Crippen molar-refractivity contribution >= 4 is 22.6 Å². The van der Waals surface area contributed by atoms with Crippen LogP contribution < -0.4 is 5.32 Å². The van der Waals surface area contributed by atoms with E-state index < -0.39 is 12.0 Å². The number of rotatable bonds is 4. The average Bonchev–Trinajstić information content (AvgIpc) is 2.43. The Hall–Kier alpha value is -2.14. The van der Waals surface area contributed by atoms with Gasteiger partial charge in [0.25, 0.3) is 0 Å². The molecule has 5 nitrogen and oxygen atoms in total. The van der Waals surface area contributed by atoms with E-state index in [1.165, 1.54) is 7.11 Å². The number of aliphatic hydroxyl groups is 1. The SMILES string of the molecule is COC(=O)C(CO)Nc1cc(C)nc2ccccc12. The van der Waals surface area contributed by atoms with Crippen LogP contribution in [0, 0.1) is 6.92 Å². The number of esters is 1. The Bertz CT molecular complexity index is 598. The summed E-state index contributed by atoms with van der Waals surface area (Å²) in [4.78, 5) is 15.9. The zero-order valence-corrected chi connectivity index (χ0v) is 10.9. The summed E-state index contributed by atoms with van der Waals surface area (Å²) >= 11 is 0. The van der Waals surface area contributed by atoms with Gasteiger partial charge >= 0.3 is 5.97 Å². The van der Waals surface area contributed by atoms with E-state index in [2.05, 4.69) is 15.0 Å². The van der Waals surface area contributed by atoms with E-state index in [-0.39, 0.29) is 6.61 Å². The van der Waals surface area contributed by atoms with Crippen molar-refractivity contribution in [2.45, 2.75) is 13.0 Å². The normalized spacial score (nSPS) is 12.2. The molecule has 0 fully saturated rings. The minimum absolute atomic E-state index is 0.331. The molecule has 0 saturated carbocycles. The number of nitrogens with one attached hydrogen (secondary N) is 1. The fraction of sp³-hybridized carbons (Fsp3) is 0.286. The molecular formula is C14H16N2O3. The van der Waals surface area contributed by atoms with E-state index in [1.807, 2.05) is 37.3 Å². The van der Waals surface area contributed by atoms with Gasteiger partial charge in [-0.15, -0.1) is 0 Å². The third-order valence-corrected chi connectivity index (χ3v) is 2.84. The lowest BCUT2D eigenvalue weighted by Crippen LogP contribution is -2.34. The van der Waals surface area contributed by atoms with Crippen molar-refractivity contribution in [2.75, 3.05) is 19.0 Å². The van der Waals surface area contributed by atoms with Gasteiger partial charge in [-0.1, -0.05) is 18.2 Å². The van der Waals surface area contributed by atoms with Crippen molar-refractivity contribution in [3.8, 4) is 0 Å². The van der Waals surface area contributed by atoms with Crippen LogP contribution in [0.1, 0.15) is 5.69 Å². The molecule has 1 heterocycles. The standard InChI is InChI=1S/C14H16N2O3/c1-9-7-12(16-13(8-17)14(18)19-2)10-5-3-4-6-11(10)15-9/h3-7,13,17H,8H2,1-2H3,(H,15,16). The topological polar surface area (TPSA) is 71.5 Å². The zero-order valence-electron chi connectivity index (χ0n) is 10.9. The van der Waals surface area contributed by atoms with Crippen LogP contribution in [0.4, 0.5) is 5.69 Å². The highest BCUT2D eigenvalue weighted by atomic mass is 16.5. The number of nitrogens with zero attached hydrogens (tertiary/aromatic N) is 1. The third kappa shape index (κ3) is 2.82. The quantitative estimate of drug-likeness (QED) is 0.815. The van der Waals surface area contributed by atoms with Crippen molar-refractivity contribution in [1.29, 1.82) is 0 Å². The summed E-state index contributed by atoms with van der Waals surface area (Å²) in [6.45, 7) is 1.55. The van der Waals surface area contributed by atoms with Gasteiger partial charge < -0.3 is 15.2 Å². The molecule has 19 heavy (non-hydrogen) atoms. The van der Waals surface area contributed by atoms with Crippen LogP contribution in [-0.4, -0.2) is 35.8 Å². The highest BCUT2D eigenvalue weighted by Gasteiger charge is 2.18.